The summed E-state index contributed by atoms with van der Waals surface area (Å²) in [6.45, 7) is 6.85. The molecule has 0 aliphatic carbocycles. The average molecular weight is 969 g/mol. The number of nitrogens with zero attached hydrogens (tertiary/aromatic N) is 8. The molecule has 0 saturated heterocycles. The number of carbonyl (C=O) groups excluding carboxylic acids is 2. The Labute approximate surface area is 391 Å². The van der Waals surface area contributed by atoms with Gasteiger partial charge >= 0.3 is 6.18 Å². The van der Waals surface area contributed by atoms with E-state index in [0.717, 1.165) is 39.5 Å². The number of hydrogen-bond donors (Lipinski definition) is 2. The Morgan fingerprint density at radius 3 is 1.42 bits per heavy atom. The van der Waals surface area contributed by atoms with Crippen LogP contribution in [0.1, 0.15) is 84.3 Å². The number of aromatic nitrogens is 6. The number of carbonyl (C=O) groups is 2. The van der Waals surface area contributed by atoms with Crippen molar-refractivity contribution in [3.63, 3.8) is 0 Å². The lowest BCUT2D eigenvalue weighted by Crippen LogP contribution is -2.43. The number of hydrogen-bond acceptors (Lipinski definition) is 8. The number of alkyl halides is 3. The lowest BCUT2D eigenvalue weighted by atomic mass is 9.99. The number of halogens is 9. The minimum atomic E-state index is -4.66. The molecule has 0 unspecified atom stereocenters. The lowest BCUT2D eigenvalue weighted by molar-refractivity contribution is -0.148. The molecule has 69 heavy (non-hydrogen) atoms. The van der Waals surface area contributed by atoms with Crippen molar-refractivity contribution in [3.8, 4) is 0 Å². The molecule has 4 atom stereocenters. The van der Waals surface area contributed by atoms with E-state index in [1.54, 1.807) is 4.90 Å². The van der Waals surface area contributed by atoms with Gasteiger partial charge in [-0.1, -0.05) is 60.7 Å². The molecule has 21 heteroatoms. The van der Waals surface area contributed by atoms with Gasteiger partial charge in [0, 0.05) is 75.3 Å². The average Bonchev–Trinajstić information content (AvgIpc) is 3.93. The van der Waals surface area contributed by atoms with Crippen molar-refractivity contribution in [3.05, 3.63) is 165 Å². The first-order valence-electron chi connectivity index (χ1n) is 22.2. The number of amides is 2. The van der Waals surface area contributed by atoms with Crippen molar-refractivity contribution in [1.82, 2.24) is 50.0 Å². The van der Waals surface area contributed by atoms with Crippen LogP contribution in [0.2, 0.25) is 0 Å². The number of nitrogens with one attached hydrogen (secondary N) is 2. The van der Waals surface area contributed by atoms with Crippen molar-refractivity contribution < 1.29 is 49.1 Å². The number of benzene rings is 4. The van der Waals surface area contributed by atoms with Gasteiger partial charge < -0.3 is 29.6 Å². The Kier molecular flexibility index (Phi) is 15.9. The van der Waals surface area contributed by atoms with E-state index >= 15 is 0 Å². The molecular weight excluding hydrogens is 920 g/mol. The Morgan fingerprint density at radius 1 is 0.565 bits per heavy atom. The molecule has 6 aromatic rings. The molecule has 0 bridgehead atoms. The zero-order chi connectivity index (χ0) is 49.6. The topological polar surface area (TPSA) is 126 Å². The van der Waals surface area contributed by atoms with Crippen molar-refractivity contribution in [1.29, 1.82) is 0 Å². The van der Waals surface area contributed by atoms with E-state index in [4.69, 9.17) is 0 Å². The van der Waals surface area contributed by atoms with Crippen molar-refractivity contribution >= 4 is 11.8 Å². The van der Waals surface area contributed by atoms with Gasteiger partial charge in [0.1, 0.15) is 17.5 Å². The molecular formula is C48H49F9N10O2. The number of aryl methyl sites for hydroxylation is 1. The number of fused-ring (bicyclic) bond motifs is 2. The summed E-state index contributed by atoms with van der Waals surface area (Å²) >= 11 is 0. The summed E-state index contributed by atoms with van der Waals surface area (Å²) in [5.74, 6) is -6.74. The maximum atomic E-state index is 14.4. The van der Waals surface area contributed by atoms with E-state index in [1.165, 1.54) is 4.90 Å². The van der Waals surface area contributed by atoms with Crippen molar-refractivity contribution in [2.24, 2.45) is 0 Å². The predicted molar refractivity (Wildman–Crippen MR) is 233 cm³/mol. The molecule has 0 radical (unpaired) electrons. The monoisotopic (exact) mass is 968 g/mol. The summed E-state index contributed by atoms with van der Waals surface area (Å²) in [4.78, 5) is 29.3. The second kappa shape index (κ2) is 21.8. The van der Waals surface area contributed by atoms with Gasteiger partial charge in [-0.3, -0.25) is 9.59 Å². The van der Waals surface area contributed by atoms with E-state index in [2.05, 4.69) is 31.0 Å². The summed E-state index contributed by atoms with van der Waals surface area (Å²) in [7, 11) is 0. The maximum absolute atomic E-state index is 14.4. The minimum Gasteiger partial charge on any atom is -0.333 e. The fourth-order valence-corrected chi connectivity index (χ4v) is 8.51. The highest BCUT2D eigenvalue weighted by Crippen LogP contribution is 2.30. The normalized spacial score (nSPS) is 15.4. The van der Waals surface area contributed by atoms with Crippen LogP contribution in [0.5, 0.6) is 0 Å². The first-order chi connectivity index (χ1) is 32.8. The summed E-state index contributed by atoms with van der Waals surface area (Å²) in [6.07, 6.45) is -4.82. The molecule has 366 valence electrons. The standard InChI is InChI=1S/C24H23F6N5O.C24H26F3N5O/c1-14(15-5-3-2-4-6-15)31-17(9-16-10-19(26)20(27)12-18(16)25)11-22(36)34-7-8-35-21(13-34)32-33-23(35)24(28,29)30;1-15(17-6-4-3-5-7-17)28-19(10-18-11-21(26)22(27)13-20(18)25)12-24(33)31-8-9-32-16(2)29-30-23(32)14-31/h2-6,10,12,14,17,31H,7-9,11,13H2,1H3;3-7,11,13,15,19,28H,8-10,12,14H2,1-2H3/t14-,17-;15-,19+/m00/s1. The van der Waals surface area contributed by atoms with Crippen molar-refractivity contribution in [2.45, 2.75) is 103 Å². The molecule has 2 aliphatic rings. The van der Waals surface area contributed by atoms with Crippen LogP contribution in [-0.2, 0) is 54.8 Å². The second-order valence-electron chi connectivity index (χ2n) is 17.1. The van der Waals surface area contributed by atoms with E-state index < -0.39 is 64.9 Å². The van der Waals surface area contributed by atoms with Crippen LogP contribution in [0.25, 0.3) is 0 Å². The van der Waals surface area contributed by atoms with Crippen LogP contribution in [0.3, 0.4) is 0 Å². The smallest absolute Gasteiger partial charge is 0.333 e. The van der Waals surface area contributed by atoms with E-state index in [1.807, 2.05) is 86.0 Å². The molecule has 2 aromatic heterocycles. The summed E-state index contributed by atoms with van der Waals surface area (Å²) in [5, 5.41) is 21.6. The van der Waals surface area contributed by atoms with E-state index in [0.29, 0.717) is 31.8 Å². The molecule has 2 amide bonds. The molecule has 0 spiro atoms. The largest absolute Gasteiger partial charge is 0.451 e. The summed E-state index contributed by atoms with van der Waals surface area (Å²) in [6, 6.07) is 19.9. The third-order valence-electron chi connectivity index (χ3n) is 12.2. The molecule has 2 aliphatic heterocycles. The molecule has 2 N–H and O–H groups in total. The quantitative estimate of drug-likeness (QED) is 0.0830. The van der Waals surface area contributed by atoms with E-state index in [9.17, 15) is 49.1 Å². The summed E-state index contributed by atoms with van der Waals surface area (Å²) < 4.78 is 125. The van der Waals surface area contributed by atoms with Crippen LogP contribution in [0, 0.1) is 41.8 Å². The Morgan fingerprint density at radius 2 is 0.971 bits per heavy atom. The highest BCUT2D eigenvalue weighted by Gasteiger charge is 2.40. The second-order valence-corrected chi connectivity index (χ2v) is 17.1. The molecule has 8 rings (SSSR count). The fourth-order valence-electron chi connectivity index (χ4n) is 8.51. The fraction of sp³-hybridized carbons (Fsp3) is 0.375. The molecule has 0 fully saturated rings. The highest BCUT2D eigenvalue weighted by molar-refractivity contribution is 5.77. The Bertz CT molecular complexity index is 2740. The van der Waals surface area contributed by atoms with Crippen molar-refractivity contribution in [2.75, 3.05) is 13.1 Å². The first kappa shape index (κ1) is 50.3. The molecule has 4 heterocycles. The molecule has 0 saturated carbocycles. The van der Waals surface area contributed by atoms with Gasteiger partial charge in [0.2, 0.25) is 17.6 Å². The lowest BCUT2D eigenvalue weighted by Gasteiger charge is -2.30. The summed E-state index contributed by atoms with van der Waals surface area (Å²) in [5.41, 5.74) is 1.81. The third kappa shape index (κ3) is 12.5. The highest BCUT2D eigenvalue weighted by atomic mass is 19.4. The molecule has 4 aromatic carbocycles. The van der Waals surface area contributed by atoms with Gasteiger partial charge in [0.15, 0.2) is 34.9 Å². The van der Waals surface area contributed by atoms with Crippen LogP contribution in [0.15, 0.2) is 84.9 Å². The van der Waals surface area contributed by atoms with Gasteiger partial charge in [-0.25, -0.2) is 26.3 Å². The first-order valence-corrected chi connectivity index (χ1v) is 22.2. The third-order valence-corrected chi connectivity index (χ3v) is 12.2. The zero-order valence-electron chi connectivity index (χ0n) is 37.8. The van der Waals surface area contributed by atoms with E-state index in [-0.39, 0.29) is 80.3 Å². The predicted octanol–water partition coefficient (Wildman–Crippen LogP) is 8.11. The SMILES string of the molecule is C[C@H](N[C@H](CC(=O)N1CCn2c(nnc2C(F)(F)F)C1)Cc1cc(F)c(F)cc1F)c1ccccc1.Cc1nnc2n1CCN(C(=O)C[C@@H](Cc1cc(F)c(F)cc1F)N[C@@H](C)c1ccccc1)C2. The van der Waals surface area contributed by atoms with Gasteiger partial charge in [-0.2, -0.15) is 13.2 Å². The van der Waals surface area contributed by atoms with Gasteiger partial charge in [0.25, 0.3) is 0 Å². The van der Waals surface area contributed by atoms with Crippen LogP contribution in [-0.4, -0.2) is 76.3 Å². The van der Waals surface area contributed by atoms with Crippen LogP contribution >= 0.6 is 0 Å². The Balaban J connectivity index is 0.000000205. The minimum absolute atomic E-state index is 0.00739. The number of rotatable bonds is 14. The molecule has 12 nitrogen and oxygen atoms in total. The Hall–Kier alpha value is -6.61. The van der Waals surface area contributed by atoms with Gasteiger partial charge in [-0.05, 0) is 68.0 Å². The zero-order valence-corrected chi connectivity index (χ0v) is 37.8. The maximum Gasteiger partial charge on any atom is 0.451 e. The van der Waals surface area contributed by atoms with Crippen LogP contribution < -0.4 is 10.6 Å². The van der Waals surface area contributed by atoms with Gasteiger partial charge in [-0.15, -0.1) is 20.4 Å². The van der Waals surface area contributed by atoms with Gasteiger partial charge in [0.05, 0.1) is 13.1 Å². The van der Waals surface area contributed by atoms with Crippen LogP contribution in [0.4, 0.5) is 39.5 Å².